The maximum Gasteiger partial charge on any atom is 0.255 e. The third kappa shape index (κ3) is 4.60. The van der Waals surface area contributed by atoms with Gasteiger partial charge in [-0.05, 0) is 31.4 Å². The number of hydrogen-bond donors (Lipinski definition) is 2. The van der Waals surface area contributed by atoms with Gasteiger partial charge in [0.15, 0.2) is 0 Å². The predicted molar refractivity (Wildman–Crippen MR) is 98.8 cm³/mol. The van der Waals surface area contributed by atoms with E-state index in [0.29, 0.717) is 24.9 Å². The third-order valence-corrected chi connectivity index (χ3v) is 4.53. The zero-order valence-corrected chi connectivity index (χ0v) is 15.4. The van der Waals surface area contributed by atoms with Gasteiger partial charge in [0, 0.05) is 43.6 Å². The van der Waals surface area contributed by atoms with Crippen molar-refractivity contribution in [3.05, 3.63) is 29.3 Å². The second-order valence-electron chi connectivity index (χ2n) is 6.32. The number of benzene rings is 1. The van der Waals surface area contributed by atoms with Crippen LogP contribution in [0, 0.1) is 0 Å². The van der Waals surface area contributed by atoms with E-state index < -0.39 is 11.9 Å². The summed E-state index contributed by atoms with van der Waals surface area (Å²) in [6, 6.07) is 4.94. The molecule has 1 unspecified atom stereocenters. The maximum absolute atomic E-state index is 12.8. The number of rotatable bonds is 11. The number of ether oxygens (including phenoxy) is 1. The summed E-state index contributed by atoms with van der Waals surface area (Å²) >= 11 is 0. The molecule has 0 saturated carbocycles. The summed E-state index contributed by atoms with van der Waals surface area (Å²) < 4.78 is 5.05. The number of methoxy groups -OCH3 is 1. The molecule has 1 atom stereocenters. The highest BCUT2D eigenvalue weighted by Crippen LogP contribution is 2.31. The number of imide groups is 1. The van der Waals surface area contributed by atoms with E-state index in [0.717, 1.165) is 43.7 Å². The molecular weight excluding hydrogens is 334 g/mol. The molecular formula is C19H27N3O4. The fourth-order valence-corrected chi connectivity index (χ4v) is 3.22. The molecule has 7 nitrogen and oxygen atoms in total. The van der Waals surface area contributed by atoms with Crippen molar-refractivity contribution in [3.8, 4) is 0 Å². The standard InChI is InChI=1S/C19H27N3O4/c1-3-7-17(18(24)21-13-23)22-12-15-14(19(22)25)8-6-9-16(15)20-10-4-5-11-26-2/h6,8-9,13,17,20H,3-5,7,10-12H2,1-2H3,(H,21,23,24). The average molecular weight is 361 g/mol. The maximum atomic E-state index is 12.8. The summed E-state index contributed by atoms with van der Waals surface area (Å²) in [5, 5.41) is 5.56. The quantitative estimate of drug-likeness (QED) is 0.464. The van der Waals surface area contributed by atoms with Crippen LogP contribution < -0.4 is 10.6 Å². The molecule has 0 saturated heterocycles. The number of unbranched alkanes of at least 4 members (excludes halogenated alkanes) is 1. The van der Waals surface area contributed by atoms with E-state index >= 15 is 0 Å². The Kier molecular flexibility index (Phi) is 7.59. The highest BCUT2D eigenvalue weighted by molar-refractivity contribution is 6.03. The fourth-order valence-electron chi connectivity index (χ4n) is 3.22. The summed E-state index contributed by atoms with van der Waals surface area (Å²) in [5.74, 6) is -0.598. The Morgan fingerprint density at radius 3 is 2.88 bits per heavy atom. The van der Waals surface area contributed by atoms with Crippen molar-refractivity contribution in [1.82, 2.24) is 10.2 Å². The highest BCUT2D eigenvalue weighted by Gasteiger charge is 2.36. The summed E-state index contributed by atoms with van der Waals surface area (Å²) in [4.78, 5) is 37.2. The predicted octanol–water partition coefficient (Wildman–Crippen LogP) is 1.92. The Morgan fingerprint density at radius 1 is 1.38 bits per heavy atom. The average Bonchev–Trinajstić information content (AvgIpc) is 2.97. The second-order valence-corrected chi connectivity index (χ2v) is 6.32. The molecule has 7 heteroatoms. The SMILES string of the molecule is CCCC(C(=O)NC=O)N1Cc2c(NCCCCOC)cccc2C1=O. The van der Waals surface area contributed by atoms with E-state index in [1.165, 1.54) is 0 Å². The van der Waals surface area contributed by atoms with Crippen molar-refractivity contribution in [1.29, 1.82) is 0 Å². The zero-order chi connectivity index (χ0) is 18.9. The Morgan fingerprint density at radius 2 is 2.19 bits per heavy atom. The topological polar surface area (TPSA) is 87.7 Å². The van der Waals surface area contributed by atoms with Gasteiger partial charge in [0.05, 0.1) is 0 Å². The van der Waals surface area contributed by atoms with E-state index in [9.17, 15) is 14.4 Å². The second kappa shape index (κ2) is 9.91. The smallest absolute Gasteiger partial charge is 0.255 e. The minimum absolute atomic E-state index is 0.164. The number of carbonyl (C=O) groups is 3. The van der Waals surface area contributed by atoms with Crippen LogP contribution in [0.5, 0.6) is 0 Å². The largest absolute Gasteiger partial charge is 0.385 e. The molecule has 26 heavy (non-hydrogen) atoms. The van der Waals surface area contributed by atoms with Gasteiger partial charge >= 0.3 is 0 Å². The molecule has 142 valence electrons. The van der Waals surface area contributed by atoms with Crippen LogP contribution >= 0.6 is 0 Å². The van der Waals surface area contributed by atoms with Gasteiger partial charge in [-0.3, -0.25) is 19.7 Å². The van der Waals surface area contributed by atoms with Gasteiger partial charge in [-0.1, -0.05) is 19.4 Å². The minimum atomic E-state index is -0.639. The molecule has 1 heterocycles. The summed E-state index contributed by atoms with van der Waals surface area (Å²) in [6.07, 6.45) is 3.55. The lowest BCUT2D eigenvalue weighted by Crippen LogP contribution is -2.46. The van der Waals surface area contributed by atoms with Crippen LogP contribution in [0.1, 0.15) is 48.5 Å². The molecule has 2 N–H and O–H groups in total. The van der Waals surface area contributed by atoms with E-state index in [1.807, 2.05) is 19.1 Å². The molecule has 0 radical (unpaired) electrons. The van der Waals surface area contributed by atoms with Crippen molar-refractivity contribution in [2.45, 2.75) is 45.2 Å². The molecule has 3 amide bonds. The van der Waals surface area contributed by atoms with Gasteiger partial charge in [0.2, 0.25) is 12.3 Å². The fraction of sp³-hybridized carbons (Fsp3) is 0.526. The lowest BCUT2D eigenvalue weighted by Gasteiger charge is -2.25. The van der Waals surface area contributed by atoms with Gasteiger partial charge in [-0.2, -0.15) is 0 Å². The zero-order valence-electron chi connectivity index (χ0n) is 15.4. The van der Waals surface area contributed by atoms with E-state index in [-0.39, 0.29) is 5.91 Å². The molecule has 1 aliphatic heterocycles. The lowest BCUT2D eigenvalue weighted by atomic mass is 10.1. The molecule has 1 aliphatic rings. The van der Waals surface area contributed by atoms with Gasteiger partial charge in [0.1, 0.15) is 6.04 Å². The first kappa shape index (κ1) is 19.9. The first-order valence-electron chi connectivity index (χ1n) is 9.03. The molecule has 0 bridgehead atoms. The number of fused-ring (bicyclic) bond motifs is 1. The minimum Gasteiger partial charge on any atom is -0.385 e. The van der Waals surface area contributed by atoms with Crippen molar-refractivity contribution < 1.29 is 19.1 Å². The van der Waals surface area contributed by atoms with E-state index in [4.69, 9.17) is 4.74 Å². The van der Waals surface area contributed by atoms with Gasteiger partial charge in [-0.15, -0.1) is 0 Å². The Hall–Kier alpha value is -2.41. The normalized spacial score (nSPS) is 14.1. The van der Waals surface area contributed by atoms with Gasteiger partial charge in [0.25, 0.3) is 5.91 Å². The van der Waals surface area contributed by atoms with Crippen LogP contribution in [-0.4, -0.2) is 49.4 Å². The molecule has 0 fully saturated rings. The molecule has 1 aromatic carbocycles. The first-order valence-corrected chi connectivity index (χ1v) is 9.03. The van der Waals surface area contributed by atoms with Crippen LogP contribution in [0.2, 0.25) is 0 Å². The van der Waals surface area contributed by atoms with Gasteiger partial charge in [-0.25, -0.2) is 0 Å². The summed E-state index contributed by atoms with van der Waals surface area (Å²) in [5.41, 5.74) is 2.44. The van der Waals surface area contributed by atoms with Crippen LogP contribution in [0.25, 0.3) is 0 Å². The van der Waals surface area contributed by atoms with Crippen molar-refractivity contribution in [2.24, 2.45) is 0 Å². The highest BCUT2D eigenvalue weighted by atomic mass is 16.5. The van der Waals surface area contributed by atoms with Crippen LogP contribution in [0.4, 0.5) is 5.69 Å². The number of nitrogens with zero attached hydrogens (tertiary/aromatic N) is 1. The Balaban J connectivity index is 2.12. The first-order chi connectivity index (χ1) is 12.6. The lowest BCUT2D eigenvalue weighted by molar-refractivity contribution is -0.129. The van der Waals surface area contributed by atoms with Crippen LogP contribution in [0.3, 0.4) is 0 Å². The molecule has 0 spiro atoms. The van der Waals surface area contributed by atoms with E-state index in [2.05, 4.69) is 10.6 Å². The van der Waals surface area contributed by atoms with Crippen molar-refractivity contribution in [3.63, 3.8) is 0 Å². The van der Waals surface area contributed by atoms with Crippen molar-refractivity contribution >= 4 is 23.9 Å². The third-order valence-electron chi connectivity index (χ3n) is 4.53. The molecule has 0 aromatic heterocycles. The van der Waals surface area contributed by atoms with Gasteiger partial charge < -0.3 is 15.0 Å². The van der Waals surface area contributed by atoms with E-state index in [1.54, 1.807) is 18.1 Å². The monoisotopic (exact) mass is 361 g/mol. The molecule has 1 aromatic rings. The number of nitrogens with one attached hydrogen (secondary N) is 2. The number of carbonyl (C=O) groups excluding carboxylic acids is 3. The molecule has 0 aliphatic carbocycles. The molecule has 2 rings (SSSR count). The van der Waals surface area contributed by atoms with Crippen LogP contribution in [-0.2, 0) is 20.9 Å². The number of amides is 3. The number of anilines is 1. The summed E-state index contributed by atoms with van der Waals surface area (Å²) in [7, 11) is 1.69. The summed E-state index contributed by atoms with van der Waals surface area (Å²) in [6.45, 7) is 3.83. The Labute approximate surface area is 154 Å². The van der Waals surface area contributed by atoms with Crippen LogP contribution in [0.15, 0.2) is 18.2 Å². The number of hydrogen-bond acceptors (Lipinski definition) is 5. The van der Waals surface area contributed by atoms with Crippen molar-refractivity contribution in [2.75, 3.05) is 25.6 Å². The Bertz CT molecular complexity index is 648.